The second-order valence-electron chi connectivity index (χ2n) is 7.46. The Morgan fingerprint density at radius 2 is 1.00 bits per heavy atom. The summed E-state index contributed by atoms with van der Waals surface area (Å²) < 4.78 is 31.5. The van der Waals surface area contributed by atoms with Crippen LogP contribution in [0.1, 0.15) is 65.2 Å². The minimum absolute atomic E-state index is 0.146. The SMILES string of the molecule is C=C(C)C(=O)OCCOCCOCCOCCOCCOC(=O)CCCCCCCCC. The summed E-state index contributed by atoms with van der Waals surface area (Å²) in [6, 6.07) is 0. The molecule has 32 heavy (non-hydrogen) atoms. The minimum atomic E-state index is -0.411. The molecule has 0 bridgehead atoms. The summed E-state index contributed by atoms with van der Waals surface area (Å²) in [6.07, 6.45) is 8.79. The molecular formula is C24H44O8. The van der Waals surface area contributed by atoms with E-state index in [0.29, 0.717) is 64.8 Å². The van der Waals surface area contributed by atoms with Crippen molar-refractivity contribution in [2.75, 3.05) is 66.1 Å². The number of hydrogen-bond donors (Lipinski definition) is 0. The van der Waals surface area contributed by atoms with Crippen LogP contribution in [0.2, 0.25) is 0 Å². The third-order valence-electron chi connectivity index (χ3n) is 4.40. The predicted octanol–water partition coefficient (Wildman–Crippen LogP) is 3.86. The van der Waals surface area contributed by atoms with Crippen molar-refractivity contribution >= 4 is 11.9 Å². The van der Waals surface area contributed by atoms with Gasteiger partial charge < -0.3 is 28.4 Å². The Morgan fingerprint density at radius 3 is 1.47 bits per heavy atom. The zero-order chi connectivity index (χ0) is 23.7. The zero-order valence-electron chi connectivity index (χ0n) is 20.2. The van der Waals surface area contributed by atoms with Gasteiger partial charge in [-0.15, -0.1) is 0 Å². The fourth-order valence-electron chi connectivity index (χ4n) is 2.59. The van der Waals surface area contributed by atoms with Crippen molar-refractivity contribution in [3.63, 3.8) is 0 Å². The van der Waals surface area contributed by atoms with Crippen molar-refractivity contribution in [1.29, 1.82) is 0 Å². The highest BCUT2D eigenvalue weighted by Crippen LogP contribution is 2.08. The highest BCUT2D eigenvalue weighted by atomic mass is 16.6. The van der Waals surface area contributed by atoms with E-state index in [9.17, 15) is 9.59 Å². The molecule has 0 rings (SSSR count). The lowest BCUT2D eigenvalue weighted by molar-refractivity contribution is -0.145. The van der Waals surface area contributed by atoms with E-state index < -0.39 is 5.97 Å². The number of hydrogen-bond acceptors (Lipinski definition) is 8. The van der Waals surface area contributed by atoms with Gasteiger partial charge >= 0.3 is 11.9 Å². The van der Waals surface area contributed by atoms with Crippen molar-refractivity contribution in [3.05, 3.63) is 12.2 Å². The minimum Gasteiger partial charge on any atom is -0.463 e. The lowest BCUT2D eigenvalue weighted by Gasteiger charge is -2.08. The molecule has 8 heteroatoms. The Bertz CT molecular complexity index is 467. The van der Waals surface area contributed by atoms with Crippen LogP contribution in [0.4, 0.5) is 0 Å². The molecule has 0 N–H and O–H groups in total. The number of carbonyl (C=O) groups excluding carboxylic acids is 2. The summed E-state index contributed by atoms with van der Waals surface area (Å²) in [6.45, 7) is 11.2. The van der Waals surface area contributed by atoms with Gasteiger partial charge in [0.1, 0.15) is 13.2 Å². The van der Waals surface area contributed by atoms with Gasteiger partial charge in [-0.25, -0.2) is 4.79 Å². The predicted molar refractivity (Wildman–Crippen MR) is 123 cm³/mol. The van der Waals surface area contributed by atoms with Crippen LogP contribution >= 0.6 is 0 Å². The maximum Gasteiger partial charge on any atom is 0.333 e. The summed E-state index contributed by atoms with van der Waals surface area (Å²) >= 11 is 0. The van der Waals surface area contributed by atoms with Crippen LogP contribution in [0.3, 0.4) is 0 Å². The van der Waals surface area contributed by atoms with Crippen molar-refractivity contribution in [3.8, 4) is 0 Å². The van der Waals surface area contributed by atoms with E-state index in [4.69, 9.17) is 28.4 Å². The van der Waals surface area contributed by atoms with Crippen molar-refractivity contribution in [1.82, 2.24) is 0 Å². The highest BCUT2D eigenvalue weighted by molar-refractivity contribution is 5.86. The lowest BCUT2D eigenvalue weighted by Crippen LogP contribution is -2.15. The van der Waals surface area contributed by atoms with Gasteiger partial charge in [-0.1, -0.05) is 52.0 Å². The van der Waals surface area contributed by atoms with Gasteiger partial charge in [-0.05, 0) is 13.3 Å². The standard InChI is InChI=1S/C24H44O8/c1-4-5-6-7-8-9-10-11-23(25)31-20-18-29-16-14-27-12-13-28-15-17-30-19-21-32-24(26)22(2)3/h2,4-21H2,1,3H3. The molecule has 0 atom stereocenters. The molecule has 0 heterocycles. The van der Waals surface area contributed by atoms with E-state index in [1.54, 1.807) is 6.92 Å². The molecule has 0 spiro atoms. The normalized spacial score (nSPS) is 10.8. The quantitative estimate of drug-likeness (QED) is 0.122. The maximum atomic E-state index is 11.6. The van der Waals surface area contributed by atoms with Crippen LogP contribution in [0.5, 0.6) is 0 Å². The van der Waals surface area contributed by atoms with Gasteiger partial charge in [0.2, 0.25) is 0 Å². The number of rotatable bonds is 24. The molecule has 0 radical (unpaired) electrons. The molecule has 0 unspecified atom stereocenters. The third-order valence-corrected chi connectivity index (χ3v) is 4.40. The van der Waals surface area contributed by atoms with Gasteiger partial charge in [0, 0.05) is 12.0 Å². The number of esters is 2. The van der Waals surface area contributed by atoms with Crippen LogP contribution in [-0.4, -0.2) is 78.0 Å². The van der Waals surface area contributed by atoms with Crippen LogP contribution in [0.15, 0.2) is 12.2 Å². The Kier molecular flexibility index (Phi) is 23.1. The first kappa shape index (κ1) is 30.5. The second-order valence-corrected chi connectivity index (χ2v) is 7.46. The molecule has 0 aromatic heterocycles. The van der Waals surface area contributed by atoms with E-state index in [2.05, 4.69) is 13.5 Å². The highest BCUT2D eigenvalue weighted by Gasteiger charge is 2.03. The van der Waals surface area contributed by atoms with Crippen LogP contribution < -0.4 is 0 Å². The fourth-order valence-corrected chi connectivity index (χ4v) is 2.59. The average Bonchev–Trinajstić information content (AvgIpc) is 2.77. The first-order valence-corrected chi connectivity index (χ1v) is 11.9. The van der Waals surface area contributed by atoms with Crippen LogP contribution in [-0.2, 0) is 38.0 Å². The summed E-state index contributed by atoms with van der Waals surface area (Å²) in [5.74, 6) is -0.557. The Labute approximate surface area is 193 Å². The maximum absolute atomic E-state index is 11.6. The zero-order valence-corrected chi connectivity index (χ0v) is 20.2. The van der Waals surface area contributed by atoms with Crippen molar-refractivity contribution < 1.29 is 38.0 Å². The molecule has 0 aromatic carbocycles. The Morgan fingerprint density at radius 1 is 0.594 bits per heavy atom. The molecule has 0 fully saturated rings. The van der Waals surface area contributed by atoms with Gasteiger partial charge in [-0.2, -0.15) is 0 Å². The molecule has 0 amide bonds. The molecule has 0 saturated heterocycles. The van der Waals surface area contributed by atoms with Crippen molar-refractivity contribution in [2.45, 2.75) is 65.2 Å². The van der Waals surface area contributed by atoms with Gasteiger partial charge in [-0.3, -0.25) is 4.79 Å². The van der Waals surface area contributed by atoms with E-state index in [-0.39, 0.29) is 19.2 Å². The summed E-state index contributed by atoms with van der Waals surface area (Å²) in [7, 11) is 0. The Balaban J connectivity index is 3.18. The first-order valence-electron chi connectivity index (χ1n) is 11.9. The van der Waals surface area contributed by atoms with E-state index in [0.717, 1.165) is 12.8 Å². The first-order chi connectivity index (χ1) is 15.6. The fraction of sp³-hybridized carbons (Fsp3) is 0.833. The number of ether oxygens (including phenoxy) is 6. The smallest absolute Gasteiger partial charge is 0.333 e. The van der Waals surface area contributed by atoms with Gasteiger partial charge in [0.15, 0.2) is 0 Å². The topological polar surface area (TPSA) is 89.5 Å². The molecule has 0 aromatic rings. The third kappa shape index (κ3) is 23.2. The monoisotopic (exact) mass is 460 g/mol. The summed E-state index contributed by atoms with van der Waals surface area (Å²) in [5, 5.41) is 0. The average molecular weight is 461 g/mol. The molecular weight excluding hydrogens is 416 g/mol. The van der Waals surface area contributed by atoms with E-state index >= 15 is 0 Å². The van der Waals surface area contributed by atoms with Crippen LogP contribution in [0.25, 0.3) is 0 Å². The van der Waals surface area contributed by atoms with Crippen LogP contribution in [0, 0.1) is 0 Å². The number of unbranched alkanes of at least 4 members (excludes halogenated alkanes) is 6. The van der Waals surface area contributed by atoms with E-state index in [1.807, 2.05) is 0 Å². The summed E-state index contributed by atoms with van der Waals surface area (Å²) in [5.41, 5.74) is 0.372. The summed E-state index contributed by atoms with van der Waals surface area (Å²) in [4.78, 5) is 22.8. The Hall–Kier alpha value is -1.48. The second kappa shape index (κ2) is 24.2. The van der Waals surface area contributed by atoms with Crippen molar-refractivity contribution in [2.24, 2.45) is 0 Å². The molecule has 0 aliphatic heterocycles. The molecule has 8 nitrogen and oxygen atoms in total. The number of carbonyl (C=O) groups is 2. The molecule has 0 saturated carbocycles. The molecule has 188 valence electrons. The largest absolute Gasteiger partial charge is 0.463 e. The molecule has 0 aliphatic carbocycles. The van der Waals surface area contributed by atoms with Gasteiger partial charge in [0.25, 0.3) is 0 Å². The van der Waals surface area contributed by atoms with E-state index in [1.165, 1.54) is 32.1 Å². The lowest BCUT2D eigenvalue weighted by atomic mass is 10.1. The van der Waals surface area contributed by atoms with Gasteiger partial charge in [0.05, 0.1) is 52.9 Å². The molecule has 0 aliphatic rings.